The van der Waals surface area contributed by atoms with Crippen LogP contribution in [0, 0.1) is 5.92 Å². The highest BCUT2D eigenvalue weighted by atomic mass is 16.5. The fraction of sp³-hybridized carbons (Fsp3) is 0.304. The fourth-order valence-electron chi connectivity index (χ4n) is 3.73. The maximum Gasteiger partial charge on any atom is 0.321 e. The van der Waals surface area contributed by atoms with E-state index in [1.165, 1.54) is 5.39 Å². The molecule has 3 aromatic rings. The molecule has 0 bridgehead atoms. The molecule has 28 heavy (non-hydrogen) atoms. The maximum absolute atomic E-state index is 12.5. The number of ether oxygens (including phenoxy) is 1. The number of pyridine rings is 1. The lowest BCUT2D eigenvalue weighted by molar-refractivity contribution is 0.182. The lowest BCUT2D eigenvalue weighted by Gasteiger charge is -2.32. The zero-order valence-corrected chi connectivity index (χ0v) is 16.1. The molecule has 1 N–H and O–H groups in total. The van der Waals surface area contributed by atoms with E-state index < -0.39 is 0 Å². The second kappa shape index (κ2) is 8.30. The first-order chi connectivity index (χ1) is 13.7. The number of carbonyl (C=O) groups excluding carboxylic acids is 1. The number of piperidine rings is 1. The number of anilines is 1. The fourth-order valence-corrected chi connectivity index (χ4v) is 3.73. The third kappa shape index (κ3) is 4.25. The molecule has 0 spiro atoms. The molecule has 0 radical (unpaired) electrons. The van der Waals surface area contributed by atoms with Crippen molar-refractivity contribution in [3.8, 4) is 5.75 Å². The van der Waals surface area contributed by atoms with Crippen LogP contribution in [0.25, 0.3) is 10.9 Å². The highest BCUT2D eigenvalue weighted by Gasteiger charge is 2.23. The maximum atomic E-state index is 12.5. The van der Waals surface area contributed by atoms with Crippen LogP contribution in [0.3, 0.4) is 0 Å². The Hall–Kier alpha value is -3.08. The van der Waals surface area contributed by atoms with Crippen LogP contribution >= 0.6 is 0 Å². The minimum Gasteiger partial charge on any atom is -0.497 e. The SMILES string of the molecule is COc1ccc(NC(=O)N2CCC(Cc3ccc4ccccc4n3)CC2)cc1. The smallest absolute Gasteiger partial charge is 0.321 e. The topological polar surface area (TPSA) is 54.5 Å². The van der Waals surface area contributed by atoms with Crippen molar-refractivity contribution in [2.45, 2.75) is 19.3 Å². The van der Waals surface area contributed by atoms with E-state index in [0.717, 1.165) is 55.0 Å². The van der Waals surface area contributed by atoms with Gasteiger partial charge < -0.3 is 15.0 Å². The first-order valence-corrected chi connectivity index (χ1v) is 9.76. The number of fused-ring (bicyclic) bond motifs is 1. The van der Waals surface area contributed by atoms with Crippen LogP contribution in [0.5, 0.6) is 5.75 Å². The number of aromatic nitrogens is 1. The molecule has 5 heteroatoms. The number of carbonyl (C=O) groups is 1. The lowest BCUT2D eigenvalue weighted by atomic mass is 9.92. The Morgan fingerprint density at radius 2 is 1.82 bits per heavy atom. The van der Waals surface area contributed by atoms with Crippen LogP contribution < -0.4 is 10.1 Å². The molecule has 0 unspecified atom stereocenters. The van der Waals surface area contributed by atoms with E-state index in [2.05, 4.69) is 29.6 Å². The number of nitrogens with one attached hydrogen (secondary N) is 1. The van der Waals surface area contributed by atoms with E-state index in [1.807, 2.05) is 41.3 Å². The highest BCUT2D eigenvalue weighted by molar-refractivity contribution is 5.89. The van der Waals surface area contributed by atoms with Crippen LogP contribution in [0.4, 0.5) is 10.5 Å². The summed E-state index contributed by atoms with van der Waals surface area (Å²) in [5.74, 6) is 1.35. The number of hydrogen-bond donors (Lipinski definition) is 1. The molecule has 0 saturated carbocycles. The van der Waals surface area contributed by atoms with E-state index in [1.54, 1.807) is 7.11 Å². The van der Waals surface area contributed by atoms with Gasteiger partial charge in [0.25, 0.3) is 0 Å². The molecule has 1 aliphatic heterocycles. The van der Waals surface area contributed by atoms with Crippen molar-refractivity contribution in [3.05, 3.63) is 66.4 Å². The average Bonchev–Trinajstić information content (AvgIpc) is 2.75. The van der Waals surface area contributed by atoms with Crippen LogP contribution in [-0.4, -0.2) is 36.1 Å². The molecule has 1 saturated heterocycles. The Morgan fingerprint density at radius 1 is 1.07 bits per heavy atom. The molecule has 2 heterocycles. The van der Waals surface area contributed by atoms with Crippen LogP contribution in [0.15, 0.2) is 60.7 Å². The normalized spacial score (nSPS) is 14.8. The number of para-hydroxylation sites is 1. The second-order valence-corrected chi connectivity index (χ2v) is 7.29. The van der Waals surface area contributed by atoms with Gasteiger partial charge in [0.2, 0.25) is 0 Å². The van der Waals surface area contributed by atoms with Crippen molar-refractivity contribution in [2.75, 3.05) is 25.5 Å². The van der Waals surface area contributed by atoms with Crippen molar-refractivity contribution >= 4 is 22.6 Å². The Labute approximate surface area is 165 Å². The molecule has 4 rings (SSSR count). The predicted octanol–water partition coefficient (Wildman–Crippen LogP) is 4.73. The Kier molecular flexibility index (Phi) is 5.42. The number of rotatable bonds is 4. The van der Waals surface area contributed by atoms with Gasteiger partial charge in [-0.2, -0.15) is 0 Å². The van der Waals surface area contributed by atoms with Gasteiger partial charge in [-0.05, 0) is 61.6 Å². The van der Waals surface area contributed by atoms with Crippen molar-refractivity contribution in [3.63, 3.8) is 0 Å². The minimum atomic E-state index is -0.0348. The average molecular weight is 375 g/mol. The van der Waals surface area contributed by atoms with Gasteiger partial charge in [0.1, 0.15) is 5.75 Å². The number of benzene rings is 2. The molecule has 2 amide bonds. The summed E-state index contributed by atoms with van der Waals surface area (Å²) in [5, 5.41) is 4.14. The number of methoxy groups -OCH3 is 1. The summed E-state index contributed by atoms with van der Waals surface area (Å²) in [6, 6.07) is 19.9. The molecule has 5 nitrogen and oxygen atoms in total. The molecule has 0 atom stereocenters. The quantitative estimate of drug-likeness (QED) is 0.717. The number of nitrogens with zero attached hydrogens (tertiary/aromatic N) is 2. The summed E-state index contributed by atoms with van der Waals surface area (Å²) in [7, 11) is 1.63. The van der Waals surface area contributed by atoms with E-state index in [0.29, 0.717) is 5.92 Å². The molecule has 0 aliphatic carbocycles. The summed E-state index contributed by atoms with van der Waals surface area (Å²) in [4.78, 5) is 19.2. The standard InChI is InChI=1S/C23H25N3O2/c1-28-21-10-8-19(9-11-21)25-23(27)26-14-12-17(13-15-26)16-20-7-6-18-4-2-3-5-22(18)24-20/h2-11,17H,12-16H2,1H3,(H,25,27). The molecule has 2 aromatic carbocycles. The number of urea groups is 1. The van der Waals surface area contributed by atoms with Gasteiger partial charge in [-0.1, -0.05) is 24.3 Å². The van der Waals surface area contributed by atoms with Gasteiger partial charge in [0, 0.05) is 29.9 Å². The largest absolute Gasteiger partial charge is 0.497 e. The van der Waals surface area contributed by atoms with E-state index in [4.69, 9.17) is 9.72 Å². The Balaban J connectivity index is 1.30. The van der Waals surface area contributed by atoms with E-state index in [9.17, 15) is 4.79 Å². The molecule has 144 valence electrons. The van der Waals surface area contributed by atoms with Crippen molar-refractivity contribution in [2.24, 2.45) is 5.92 Å². The summed E-state index contributed by atoms with van der Waals surface area (Å²) in [6.07, 6.45) is 2.98. The van der Waals surface area contributed by atoms with E-state index >= 15 is 0 Å². The van der Waals surface area contributed by atoms with Gasteiger partial charge in [-0.15, -0.1) is 0 Å². The summed E-state index contributed by atoms with van der Waals surface area (Å²) in [6.45, 7) is 1.56. The summed E-state index contributed by atoms with van der Waals surface area (Å²) in [5.41, 5.74) is 2.98. The molecule has 1 aromatic heterocycles. The summed E-state index contributed by atoms with van der Waals surface area (Å²) >= 11 is 0. The van der Waals surface area contributed by atoms with Gasteiger partial charge >= 0.3 is 6.03 Å². The zero-order chi connectivity index (χ0) is 19.3. The van der Waals surface area contributed by atoms with Crippen LogP contribution in [0.1, 0.15) is 18.5 Å². The first kappa shape index (κ1) is 18.3. The number of likely N-dealkylation sites (tertiary alicyclic amines) is 1. The van der Waals surface area contributed by atoms with Crippen molar-refractivity contribution < 1.29 is 9.53 Å². The van der Waals surface area contributed by atoms with Crippen molar-refractivity contribution in [1.82, 2.24) is 9.88 Å². The third-order valence-electron chi connectivity index (χ3n) is 5.40. The van der Waals surface area contributed by atoms with E-state index in [-0.39, 0.29) is 6.03 Å². The number of hydrogen-bond acceptors (Lipinski definition) is 3. The highest BCUT2D eigenvalue weighted by Crippen LogP contribution is 2.23. The van der Waals surface area contributed by atoms with Crippen LogP contribution in [0.2, 0.25) is 0 Å². The summed E-state index contributed by atoms with van der Waals surface area (Å²) < 4.78 is 5.15. The Bertz CT molecular complexity index is 947. The monoisotopic (exact) mass is 375 g/mol. The molecular formula is C23H25N3O2. The third-order valence-corrected chi connectivity index (χ3v) is 5.40. The zero-order valence-electron chi connectivity index (χ0n) is 16.1. The Morgan fingerprint density at radius 3 is 2.57 bits per heavy atom. The molecular weight excluding hydrogens is 350 g/mol. The molecule has 1 fully saturated rings. The minimum absolute atomic E-state index is 0.0348. The second-order valence-electron chi connectivity index (χ2n) is 7.29. The first-order valence-electron chi connectivity index (χ1n) is 9.76. The number of amides is 2. The van der Waals surface area contributed by atoms with Gasteiger partial charge in [0.15, 0.2) is 0 Å². The lowest BCUT2D eigenvalue weighted by Crippen LogP contribution is -2.41. The van der Waals surface area contributed by atoms with Gasteiger partial charge in [-0.25, -0.2) is 4.79 Å². The van der Waals surface area contributed by atoms with Crippen LogP contribution in [-0.2, 0) is 6.42 Å². The molecule has 1 aliphatic rings. The van der Waals surface area contributed by atoms with Gasteiger partial charge in [-0.3, -0.25) is 4.98 Å². The van der Waals surface area contributed by atoms with Gasteiger partial charge in [0.05, 0.1) is 12.6 Å². The predicted molar refractivity (Wildman–Crippen MR) is 112 cm³/mol. The van der Waals surface area contributed by atoms with Crippen molar-refractivity contribution in [1.29, 1.82) is 0 Å².